The van der Waals surface area contributed by atoms with Crippen LogP contribution in [0.4, 0.5) is 5.69 Å². The van der Waals surface area contributed by atoms with E-state index in [9.17, 15) is 4.79 Å². The molecule has 2 aromatic heterocycles. The van der Waals surface area contributed by atoms with Gasteiger partial charge in [-0.3, -0.25) is 9.48 Å². The minimum absolute atomic E-state index is 0.235. The van der Waals surface area contributed by atoms with Crippen molar-refractivity contribution in [2.24, 2.45) is 0 Å². The lowest BCUT2D eigenvalue weighted by Crippen LogP contribution is -2.30. The van der Waals surface area contributed by atoms with Crippen molar-refractivity contribution < 1.29 is 9.53 Å². The average Bonchev–Trinajstić information content (AvgIpc) is 3.23. The summed E-state index contributed by atoms with van der Waals surface area (Å²) in [6.07, 6.45) is 4.61. The Morgan fingerprint density at radius 1 is 1.15 bits per heavy atom. The molecule has 1 amide bonds. The van der Waals surface area contributed by atoms with Gasteiger partial charge < -0.3 is 10.1 Å². The number of nitrogens with one attached hydrogen (secondary N) is 1. The first-order valence-corrected chi connectivity index (χ1v) is 8.57. The van der Waals surface area contributed by atoms with E-state index < -0.39 is 6.10 Å². The van der Waals surface area contributed by atoms with Crippen molar-refractivity contribution >= 4 is 11.6 Å². The maximum Gasteiger partial charge on any atom is 0.265 e. The largest absolute Gasteiger partial charge is 0.463 e. The Bertz CT molecular complexity index is 882. The summed E-state index contributed by atoms with van der Waals surface area (Å²) in [6, 6.07) is 9.99. The molecule has 0 aliphatic heterocycles. The first kappa shape index (κ1) is 17.7. The third-order valence-electron chi connectivity index (χ3n) is 3.93. The van der Waals surface area contributed by atoms with Gasteiger partial charge >= 0.3 is 0 Å². The van der Waals surface area contributed by atoms with Gasteiger partial charge in [0.1, 0.15) is 0 Å². The Hall–Kier alpha value is -3.09. The summed E-state index contributed by atoms with van der Waals surface area (Å²) in [5, 5.41) is 11.5. The Balaban J connectivity index is 1.66. The summed E-state index contributed by atoms with van der Waals surface area (Å²) in [5.74, 6) is 0.191. The number of nitrogens with zero attached hydrogens (tertiary/aromatic N) is 4. The lowest BCUT2D eigenvalue weighted by Gasteiger charge is -2.12. The van der Waals surface area contributed by atoms with E-state index in [1.807, 2.05) is 57.3 Å². The number of rotatable bonds is 6. The van der Waals surface area contributed by atoms with Crippen LogP contribution in [0.15, 0.2) is 48.9 Å². The predicted octanol–water partition coefficient (Wildman–Crippen LogP) is 3.36. The van der Waals surface area contributed by atoms with E-state index in [4.69, 9.17) is 4.74 Å². The monoisotopic (exact) mass is 353 g/mol. The number of ether oxygens (including phenoxy) is 1. The molecule has 0 saturated carbocycles. The second-order valence-corrected chi connectivity index (χ2v) is 6.45. The number of carbonyl (C=O) groups is 1. The second kappa shape index (κ2) is 7.43. The van der Waals surface area contributed by atoms with Crippen LogP contribution in [0, 0.1) is 6.92 Å². The summed E-state index contributed by atoms with van der Waals surface area (Å²) < 4.78 is 9.29. The van der Waals surface area contributed by atoms with Crippen molar-refractivity contribution in [3.05, 3.63) is 54.5 Å². The van der Waals surface area contributed by atoms with Gasteiger partial charge in [-0.25, -0.2) is 4.68 Å². The van der Waals surface area contributed by atoms with Crippen molar-refractivity contribution in [1.29, 1.82) is 0 Å². The number of aryl methyl sites for hydroxylation is 1. The molecule has 136 valence electrons. The molecule has 0 fully saturated rings. The van der Waals surface area contributed by atoms with E-state index in [2.05, 4.69) is 15.5 Å². The molecule has 0 aliphatic carbocycles. The Morgan fingerprint density at radius 3 is 2.54 bits per heavy atom. The summed E-state index contributed by atoms with van der Waals surface area (Å²) in [5.41, 5.74) is 2.44. The highest BCUT2D eigenvalue weighted by Crippen LogP contribution is 2.19. The van der Waals surface area contributed by atoms with Crippen LogP contribution < -0.4 is 10.1 Å². The van der Waals surface area contributed by atoms with Crippen molar-refractivity contribution in [2.45, 2.75) is 39.8 Å². The van der Waals surface area contributed by atoms with E-state index in [1.54, 1.807) is 28.7 Å². The number of carbonyl (C=O) groups excluding carboxylic acids is 1. The number of hydrogen-bond acceptors (Lipinski definition) is 4. The zero-order valence-electron chi connectivity index (χ0n) is 15.4. The third kappa shape index (κ3) is 3.93. The number of amides is 1. The topological polar surface area (TPSA) is 74.0 Å². The predicted molar refractivity (Wildman–Crippen MR) is 99.6 cm³/mol. The summed E-state index contributed by atoms with van der Waals surface area (Å²) in [4.78, 5) is 12.4. The molecule has 7 heteroatoms. The molecule has 1 N–H and O–H groups in total. The average molecular weight is 353 g/mol. The van der Waals surface area contributed by atoms with Gasteiger partial charge in [0.15, 0.2) is 6.10 Å². The number of aromatic nitrogens is 4. The van der Waals surface area contributed by atoms with Crippen molar-refractivity contribution in [3.8, 4) is 11.6 Å². The Kier molecular flexibility index (Phi) is 5.06. The highest BCUT2D eigenvalue weighted by atomic mass is 16.5. The zero-order chi connectivity index (χ0) is 18.7. The van der Waals surface area contributed by atoms with Crippen LogP contribution in [-0.4, -0.2) is 31.6 Å². The van der Waals surface area contributed by atoms with Gasteiger partial charge in [-0.1, -0.05) is 18.2 Å². The molecule has 1 atom stereocenters. The molecule has 0 radical (unpaired) electrons. The molecule has 2 heterocycles. The van der Waals surface area contributed by atoms with Gasteiger partial charge in [-0.05, 0) is 39.8 Å². The molecule has 0 bridgehead atoms. The molecular formula is C19H23N5O2. The van der Waals surface area contributed by atoms with Crippen LogP contribution in [0.3, 0.4) is 0 Å². The smallest absolute Gasteiger partial charge is 0.265 e. The van der Waals surface area contributed by atoms with E-state index in [0.717, 1.165) is 11.3 Å². The normalized spacial score (nSPS) is 12.2. The summed E-state index contributed by atoms with van der Waals surface area (Å²) in [6.45, 7) is 7.65. The van der Waals surface area contributed by atoms with Crippen molar-refractivity contribution in [1.82, 2.24) is 19.6 Å². The molecule has 3 rings (SSSR count). The standard InChI is InChI=1S/C19H23N5O2/c1-13(2)23-12-16(10-20-23)21-18(25)15(4)26-19-14(3)11-24(22-19)17-8-6-5-7-9-17/h5-13,15H,1-4H3,(H,21,25). The molecule has 7 nitrogen and oxygen atoms in total. The maximum absolute atomic E-state index is 12.4. The molecule has 0 aliphatic rings. The number of hydrogen-bond donors (Lipinski definition) is 1. The first-order chi connectivity index (χ1) is 12.4. The summed E-state index contributed by atoms with van der Waals surface area (Å²) >= 11 is 0. The van der Waals surface area contributed by atoms with Crippen molar-refractivity contribution in [2.75, 3.05) is 5.32 Å². The highest BCUT2D eigenvalue weighted by Gasteiger charge is 2.19. The number of para-hydroxylation sites is 1. The fourth-order valence-electron chi connectivity index (χ4n) is 2.42. The van der Waals surface area contributed by atoms with Gasteiger partial charge in [-0.2, -0.15) is 5.10 Å². The summed E-state index contributed by atoms with van der Waals surface area (Å²) in [7, 11) is 0. The lowest BCUT2D eigenvalue weighted by atomic mass is 10.3. The van der Waals surface area contributed by atoms with Gasteiger partial charge in [0, 0.05) is 24.0 Å². The molecule has 0 saturated heterocycles. The van der Waals surface area contributed by atoms with Crippen LogP contribution >= 0.6 is 0 Å². The SMILES string of the molecule is Cc1cn(-c2ccccc2)nc1OC(C)C(=O)Nc1cnn(C(C)C)c1. The fourth-order valence-corrected chi connectivity index (χ4v) is 2.42. The van der Waals surface area contributed by atoms with E-state index >= 15 is 0 Å². The quantitative estimate of drug-likeness (QED) is 0.737. The minimum Gasteiger partial charge on any atom is -0.463 e. The van der Waals surface area contributed by atoms with Crippen LogP contribution in [-0.2, 0) is 4.79 Å². The van der Waals surface area contributed by atoms with E-state index in [0.29, 0.717) is 11.6 Å². The van der Waals surface area contributed by atoms with Gasteiger partial charge in [0.2, 0.25) is 5.88 Å². The molecule has 3 aromatic rings. The Morgan fingerprint density at radius 2 is 1.88 bits per heavy atom. The van der Waals surface area contributed by atoms with Gasteiger partial charge in [-0.15, -0.1) is 5.10 Å². The van der Waals surface area contributed by atoms with E-state index in [-0.39, 0.29) is 11.9 Å². The highest BCUT2D eigenvalue weighted by molar-refractivity contribution is 5.93. The van der Waals surface area contributed by atoms with Crippen LogP contribution in [0.1, 0.15) is 32.4 Å². The molecule has 1 unspecified atom stereocenters. The van der Waals surface area contributed by atoms with Crippen LogP contribution in [0.2, 0.25) is 0 Å². The molecular weight excluding hydrogens is 330 g/mol. The molecule has 1 aromatic carbocycles. The Labute approximate surface area is 152 Å². The van der Waals surface area contributed by atoms with Gasteiger partial charge in [0.05, 0.1) is 17.6 Å². The number of anilines is 1. The zero-order valence-corrected chi connectivity index (χ0v) is 15.4. The molecule has 0 spiro atoms. The minimum atomic E-state index is -0.685. The maximum atomic E-state index is 12.4. The lowest BCUT2D eigenvalue weighted by molar-refractivity contribution is -0.122. The second-order valence-electron chi connectivity index (χ2n) is 6.45. The van der Waals surface area contributed by atoms with Crippen LogP contribution in [0.5, 0.6) is 5.88 Å². The van der Waals surface area contributed by atoms with Crippen LogP contribution in [0.25, 0.3) is 5.69 Å². The van der Waals surface area contributed by atoms with Crippen molar-refractivity contribution in [3.63, 3.8) is 0 Å². The number of benzene rings is 1. The molecule has 26 heavy (non-hydrogen) atoms. The third-order valence-corrected chi connectivity index (χ3v) is 3.93. The fraction of sp³-hybridized carbons (Fsp3) is 0.316. The van der Waals surface area contributed by atoms with E-state index in [1.165, 1.54) is 0 Å². The first-order valence-electron chi connectivity index (χ1n) is 8.57. The van der Waals surface area contributed by atoms with Gasteiger partial charge in [0.25, 0.3) is 5.91 Å².